The molecule has 0 aromatic heterocycles. The summed E-state index contributed by atoms with van der Waals surface area (Å²) < 4.78 is 15.8. The molecule has 0 bridgehead atoms. The molecular weight excluding hydrogens is 444 g/mol. The zero-order valence-corrected chi connectivity index (χ0v) is 19.4. The Balaban J connectivity index is 1.33. The lowest BCUT2D eigenvalue weighted by Crippen LogP contribution is -2.19. The molecule has 1 N–H and O–H groups in total. The van der Waals surface area contributed by atoms with E-state index in [4.69, 9.17) is 14.2 Å². The number of carbonyl (C=O) groups is 2. The SMILES string of the molecule is COc1ccc(C(=O)Oc2ccc(/C=N/NC(=O)Cc3cccc4ccccc34)cc2)cc1OC. The molecule has 4 aromatic rings. The molecule has 4 aromatic carbocycles. The highest BCUT2D eigenvalue weighted by molar-refractivity contribution is 5.92. The van der Waals surface area contributed by atoms with Gasteiger partial charge in [-0.3, -0.25) is 4.79 Å². The maximum atomic E-state index is 12.5. The summed E-state index contributed by atoms with van der Waals surface area (Å²) in [7, 11) is 3.02. The number of ether oxygens (including phenoxy) is 3. The summed E-state index contributed by atoms with van der Waals surface area (Å²) in [6.07, 6.45) is 1.75. The highest BCUT2D eigenvalue weighted by Gasteiger charge is 2.13. The molecular formula is C28H24N2O5. The monoisotopic (exact) mass is 468 g/mol. The van der Waals surface area contributed by atoms with Crippen molar-refractivity contribution in [1.82, 2.24) is 5.43 Å². The summed E-state index contributed by atoms with van der Waals surface area (Å²) in [5.74, 6) is 0.612. The minimum absolute atomic E-state index is 0.210. The highest BCUT2D eigenvalue weighted by Crippen LogP contribution is 2.28. The van der Waals surface area contributed by atoms with E-state index in [0.717, 1.165) is 21.9 Å². The van der Waals surface area contributed by atoms with Gasteiger partial charge in [-0.1, -0.05) is 42.5 Å². The Bertz CT molecular complexity index is 1370. The molecule has 0 radical (unpaired) electrons. The summed E-state index contributed by atoms with van der Waals surface area (Å²) in [4.78, 5) is 24.8. The molecule has 0 aliphatic carbocycles. The van der Waals surface area contributed by atoms with E-state index in [9.17, 15) is 9.59 Å². The number of nitrogens with one attached hydrogen (secondary N) is 1. The zero-order chi connectivity index (χ0) is 24.6. The number of methoxy groups -OCH3 is 2. The third-order valence-electron chi connectivity index (χ3n) is 5.34. The molecule has 0 fully saturated rings. The van der Waals surface area contributed by atoms with Crippen molar-refractivity contribution in [3.8, 4) is 17.2 Å². The van der Waals surface area contributed by atoms with Crippen molar-refractivity contribution in [2.24, 2.45) is 5.10 Å². The van der Waals surface area contributed by atoms with Crippen LogP contribution >= 0.6 is 0 Å². The fourth-order valence-corrected chi connectivity index (χ4v) is 3.59. The molecule has 7 heteroatoms. The van der Waals surface area contributed by atoms with E-state index >= 15 is 0 Å². The standard InChI is InChI=1S/C28H24N2O5/c1-33-25-15-12-22(16-26(25)34-2)28(32)35-23-13-10-19(11-14-23)18-29-30-27(31)17-21-8-5-7-20-6-3-4-9-24(20)21/h3-16,18H,17H2,1-2H3,(H,30,31)/b29-18+. The number of esters is 1. The van der Waals surface area contributed by atoms with Crippen LogP contribution in [0.5, 0.6) is 17.2 Å². The van der Waals surface area contributed by atoms with Crippen LogP contribution in [0, 0.1) is 0 Å². The van der Waals surface area contributed by atoms with E-state index in [-0.39, 0.29) is 12.3 Å². The minimum Gasteiger partial charge on any atom is -0.493 e. The van der Waals surface area contributed by atoms with Crippen LogP contribution in [0.2, 0.25) is 0 Å². The third-order valence-corrected chi connectivity index (χ3v) is 5.34. The van der Waals surface area contributed by atoms with Gasteiger partial charge in [0.15, 0.2) is 11.5 Å². The fraction of sp³-hybridized carbons (Fsp3) is 0.107. The fourth-order valence-electron chi connectivity index (χ4n) is 3.59. The van der Waals surface area contributed by atoms with Crippen molar-refractivity contribution in [1.29, 1.82) is 0 Å². The lowest BCUT2D eigenvalue weighted by Gasteiger charge is -2.09. The van der Waals surface area contributed by atoms with Crippen LogP contribution in [-0.4, -0.2) is 32.3 Å². The smallest absolute Gasteiger partial charge is 0.343 e. The van der Waals surface area contributed by atoms with Crippen molar-refractivity contribution < 1.29 is 23.8 Å². The summed E-state index contributed by atoms with van der Waals surface area (Å²) in [5, 5.41) is 6.17. The number of fused-ring (bicyclic) bond motifs is 1. The lowest BCUT2D eigenvalue weighted by atomic mass is 10.0. The van der Waals surface area contributed by atoms with Gasteiger partial charge < -0.3 is 14.2 Å². The number of hydrogen-bond donors (Lipinski definition) is 1. The normalized spacial score (nSPS) is 10.8. The Hall–Kier alpha value is -4.65. The number of carbonyl (C=O) groups excluding carboxylic acids is 2. The van der Waals surface area contributed by atoms with Gasteiger partial charge in [0, 0.05) is 0 Å². The Kier molecular flexibility index (Phi) is 7.37. The maximum Gasteiger partial charge on any atom is 0.343 e. The van der Waals surface area contributed by atoms with Crippen molar-refractivity contribution in [2.75, 3.05) is 14.2 Å². The first-order valence-corrected chi connectivity index (χ1v) is 10.9. The lowest BCUT2D eigenvalue weighted by molar-refractivity contribution is -0.120. The van der Waals surface area contributed by atoms with Gasteiger partial charge in [0.1, 0.15) is 5.75 Å². The predicted octanol–water partition coefficient (Wildman–Crippen LogP) is 4.77. The van der Waals surface area contributed by atoms with Crippen molar-refractivity contribution in [3.05, 3.63) is 102 Å². The van der Waals surface area contributed by atoms with E-state index < -0.39 is 5.97 Å². The summed E-state index contributed by atoms with van der Waals surface area (Å²) >= 11 is 0. The molecule has 35 heavy (non-hydrogen) atoms. The molecule has 0 aliphatic heterocycles. The van der Waals surface area contributed by atoms with E-state index in [1.54, 1.807) is 42.5 Å². The average molecular weight is 469 g/mol. The Labute approximate surface area is 202 Å². The zero-order valence-electron chi connectivity index (χ0n) is 19.4. The number of hydrazone groups is 1. The summed E-state index contributed by atoms with van der Waals surface area (Å²) in [6, 6.07) is 25.4. The van der Waals surface area contributed by atoms with Crippen LogP contribution in [0.1, 0.15) is 21.5 Å². The number of amides is 1. The summed E-state index contributed by atoms with van der Waals surface area (Å²) in [5.41, 5.74) is 4.57. The van der Waals surface area contributed by atoms with Gasteiger partial charge >= 0.3 is 5.97 Å². The van der Waals surface area contributed by atoms with Crippen LogP contribution in [-0.2, 0) is 11.2 Å². The van der Waals surface area contributed by atoms with Crippen LogP contribution < -0.4 is 19.6 Å². The first kappa shape index (κ1) is 23.5. The van der Waals surface area contributed by atoms with Gasteiger partial charge in [-0.15, -0.1) is 0 Å². The van der Waals surface area contributed by atoms with Gasteiger partial charge in [-0.2, -0.15) is 5.10 Å². The quantitative estimate of drug-likeness (QED) is 0.174. The second-order valence-electron chi connectivity index (χ2n) is 7.64. The molecule has 0 heterocycles. The number of hydrogen-bond acceptors (Lipinski definition) is 6. The number of benzene rings is 4. The third kappa shape index (κ3) is 5.83. The molecule has 0 unspecified atom stereocenters. The molecule has 176 valence electrons. The van der Waals surface area contributed by atoms with Crippen LogP contribution in [0.4, 0.5) is 0 Å². The van der Waals surface area contributed by atoms with E-state index in [2.05, 4.69) is 10.5 Å². The van der Waals surface area contributed by atoms with E-state index in [0.29, 0.717) is 22.8 Å². The van der Waals surface area contributed by atoms with Gasteiger partial charge in [-0.25, -0.2) is 10.2 Å². The van der Waals surface area contributed by atoms with Crippen LogP contribution in [0.15, 0.2) is 90.0 Å². The first-order valence-electron chi connectivity index (χ1n) is 10.9. The van der Waals surface area contributed by atoms with E-state index in [1.165, 1.54) is 20.4 Å². The molecule has 1 amide bonds. The molecule has 0 spiro atoms. The Morgan fingerprint density at radius 1 is 0.857 bits per heavy atom. The van der Waals surface area contributed by atoms with Gasteiger partial charge in [-0.05, 0) is 64.4 Å². The maximum absolute atomic E-state index is 12.5. The molecule has 0 atom stereocenters. The highest BCUT2D eigenvalue weighted by atomic mass is 16.5. The van der Waals surface area contributed by atoms with Crippen molar-refractivity contribution in [2.45, 2.75) is 6.42 Å². The topological polar surface area (TPSA) is 86.2 Å². The van der Waals surface area contributed by atoms with Gasteiger partial charge in [0.05, 0.1) is 32.4 Å². The second kappa shape index (κ2) is 11.0. The van der Waals surface area contributed by atoms with Crippen LogP contribution in [0.25, 0.3) is 10.8 Å². The second-order valence-corrected chi connectivity index (χ2v) is 7.64. The number of nitrogens with zero attached hydrogens (tertiary/aromatic N) is 1. The van der Waals surface area contributed by atoms with Crippen molar-refractivity contribution in [3.63, 3.8) is 0 Å². The van der Waals surface area contributed by atoms with Gasteiger partial charge in [0.2, 0.25) is 5.91 Å². The molecule has 0 saturated carbocycles. The Morgan fingerprint density at radius 3 is 2.37 bits per heavy atom. The molecule has 7 nitrogen and oxygen atoms in total. The minimum atomic E-state index is -0.520. The molecule has 0 saturated heterocycles. The van der Waals surface area contributed by atoms with Gasteiger partial charge in [0.25, 0.3) is 0 Å². The largest absolute Gasteiger partial charge is 0.493 e. The van der Waals surface area contributed by atoms with E-state index in [1.807, 2.05) is 42.5 Å². The van der Waals surface area contributed by atoms with Crippen molar-refractivity contribution >= 4 is 28.9 Å². The predicted molar refractivity (Wildman–Crippen MR) is 134 cm³/mol. The average Bonchev–Trinajstić information content (AvgIpc) is 2.89. The molecule has 4 rings (SSSR count). The summed E-state index contributed by atoms with van der Waals surface area (Å²) in [6.45, 7) is 0. The molecule has 0 aliphatic rings. The number of rotatable bonds is 8. The van der Waals surface area contributed by atoms with Crippen LogP contribution in [0.3, 0.4) is 0 Å². The Morgan fingerprint density at radius 2 is 1.60 bits per heavy atom. The first-order chi connectivity index (χ1) is 17.1.